The molecule has 1 rings (SSSR count). The van der Waals surface area contributed by atoms with Crippen molar-refractivity contribution in [2.24, 2.45) is 17.8 Å². The third-order valence-corrected chi connectivity index (χ3v) is 4.17. The molecule has 3 heteroatoms. The first-order valence-corrected chi connectivity index (χ1v) is 7.49. The van der Waals surface area contributed by atoms with Gasteiger partial charge >= 0.3 is 5.97 Å². The van der Waals surface area contributed by atoms with Gasteiger partial charge in [-0.05, 0) is 50.9 Å². The molecule has 3 nitrogen and oxygen atoms in total. The summed E-state index contributed by atoms with van der Waals surface area (Å²) in [4.78, 5) is 11.3. The lowest BCUT2D eigenvalue weighted by molar-refractivity contribution is -0.145. The van der Waals surface area contributed by atoms with Crippen molar-refractivity contribution in [1.29, 1.82) is 0 Å². The van der Waals surface area contributed by atoms with Crippen molar-refractivity contribution in [3.8, 4) is 0 Å². The molecule has 18 heavy (non-hydrogen) atoms. The Labute approximate surface area is 111 Å². The minimum absolute atomic E-state index is 0.111. The molecule has 0 bridgehead atoms. The van der Waals surface area contributed by atoms with Gasteiger partial charge in [0.15, 0.2) is 0 Å². The minimum atomic E-state index is -0.591. The molecule has 1 fully saturated rings. The van der Waals surface area contributed by atoms with Crippen molar-refractivity contribution in [2.75, 3.05) is 13.2 Å². The van der Waals surface area contributed by atoms with Gasteiger partial charge in [0.25, 0.3) is 0 Å². The van der Waals surface area contributed by atoms with Crippen LogP contribution >= 0.6 is 0 Å². The molecule has 0 spiro atoms. The molecule has 0 aromatic carbocycles. The zero-order chi connectivity index (χ0) is 13.4. The summed E-state index contributed by atoms with van der Waals surface area (Å²) in [6.07, 6.45) is 7.57. The number of ether oxygens (including phenoxy) is 1. The molecule has 0 aliphatic heterocycles. The maximum absolute atomic E-state index is 11.3. The van der Waals surface area contributed by atoms with E-state index in [4.69, 9.17) is 4.74 Å². The average Bonchev–Trinajstić information content (AvgIpc) is 2.35. The van der Waals surface area contributed by atoms with E-state index >= 15 is 0 Å². The van der Waals surface area contributed by atoms with E-state index in [1.165, 1.54) is 12.8 Å². The minimum Gasteiger partial charge on any atom is -0.481 e. The largest absolute Gasteiger partial charge is 0.481 e. The van der Waals surface area contributed by atoms with Crippen LogP contribution in [0, 0.1) is 17.8 Å². The van der Waals surface area contributed by atoms with Crippen molar-refractivity contribution in [3.05, 3.63) is 0 Å². The second kappa shape index (κ2) is 8.52. The smallest absolute Gasteiger partial charge is 0.306 e. The first-order chi connectivity index (χ1) is 8.69. The number of carboxylic acid groups (broad SMARTS) is 1. The summed E-state index contributed by atoms with van der Waals surface area (Å²) >= 11 is 0. The molecule has 0 aromatic heterocycles. The molecule has 1 saturated carbocycles. The number of hydrogen-bond donors (Lipinski definition) is 1. The predicted molar refractivity (Wildman–Crippen MR) is 72.6 cm³/mol. The Morgan fingerprint density at radius 2 is 2.06 bits per heavy atom. The van der Waals surface area contributed by atoms with Crippen LogP contribution in [-0.4, -0.2) is 24.3 Å². The van der Waals surface area contributed by atoms with Crippen LogP contribution < -0.4 is 0 Å². The highest BCUT2D eigenvalue weighted by molar-refractivity contribution is 5.70. The Hall–Kier alpha value is -0.570. The van der Waals surface area contributed by atoms with E-state index in [0.717, 1.165) is 51.2 Å². The van der Waals surface area contributed by atoms with Crippen molar-refractivity contribution in [2.45, 2.75) is 58.8 Å². The van der Waals surface area contributed by atoms with Crippen LogP contribution in [0.15, 0.2) is 0 Å². The molecule has 3 unspecified atom stereocenters. The fraction of sp³-hybridized carbons (Fsp3) is 0.933. The first kappa shape index (κ1) is 15.5. The van der Waals surface area contributed by atoms with Crippen molar-refractivity contribution < 1.29 is 14.6 Å². The SMILES string of the molecule is CCCC1CCC(C(=O)O)C(CCCOCC)C1. The lowest BCUT2D eigenvalue weighted by Crippen LogP contribution is -2.31. The van der Waals surface area contributed by atoms with Crippen LogP contribution in [-0.2, 0) is 9.53 Å². The number of hydrogen-bond acceptors (Lipinski definition) is 2. The number of rotatable bonds is 8. The Morgan fingerprint density at radius 1 is 1.28 bits per heavy atom. The molecule has 106 valence electrons. The molecule has 1 N–H and O–H groups in total. The zero-order valence-corrected chi connectivity index (χ0v) is 11.9. The molecule has 3 atom stereocenters. The average molecular weight is 256 g/mol. The summed E-state index contributed by atoms with van der Waals surface area (Å²) in [6.45, 7) is 5.74. The summed E-state index contributed by atoms with van der Waals surface area (Å²) in [6, 6.07) is 0. The van der Waals surface area contributed by atoms with Gasteiger partial charge in [-0.15, -0.1) is 0 Å². The Balaban J connectivity index is 2.41. The standard InChI is InChI=1S/C15H28O3/c1-3-6-12-8-9-14(15(16)17)13(11-12)7-5-10-18-4-2/h12-14H,3-11H2,1-2H3,(H,16,17). The van der Waals surface area contributed by atoms with Crippen LogP contribution in [0.25, 0.3) is 0 Å². The zero-order valence-electron chi connectivity index (χ0n) is 11.9. The quantitative estimate of drug-likeness (QED) is 0.673. The van der Waals surface area contributed by atoms with Gasteiger partial charge in [-0.3, -0.25) is 4.79 Å². The van der Waals surface area contributed by atoms with Gasteiger partial charge in [0.1, 0.15) is 0 Å². The summed E-state index contributed by atoms with van der Waals surface area (Å²) < 4.78 is 5.35. The van der Waals surface area contributed by atoms with Crippen LogP contribution in [0.5, 0.6) is 0 Å². The summed E-state index contributed by atoms with van der Waals surface area (Å²) in [7, 11) is 0. The lowest BCUT2D eigenvalue weighted by Gasteiger charge is -2.34. The monoisotopic (exact) mass is 256 g/mol. The van der Waals surface area contributed by atoms with Gasteiger partial charge in [-0.1, -0.05) is 19.8 Å². The van der Waals surface area contributed by atoms with Crippen LogP contribution in [0.1, 0.15) is 58.8 Å². The normalized spacial score (nSPS) is 28.2. The maximum Gasteiger partial charge on any atom is 0.306 e. The van der Waals surface area contributed by atoms with Gasteiger partial charge in [-0.25, -0.2) is 0 Å². The Morgan fingerprint density at radius 3 is 2.67 bits per heavy atom. The van der Waals surface area contributed by atoms with Crippen LogP contribution in [0.3, 0.4) is 0 Å². The predicted octanol–water partition coefficient (Wildman–Crippen LogP) is 3.72. The van der Waals surface area contributed by atoms with E-state index in [2.05, 4.69) is 6.92 Å². The van der Waals surface area contributed by atoms with E-state index in [9.17, 15) is 9.90 Å². The topological polar surface area (TPSA) is 46.5 Å². The van der Waals surface area contributed by atoms with Gasteiger partial charge in [-0.2, -0.15) is 0 Å². The first-order valence-electron chi connectivity index (χ1n) is 7.49. The fourth-order valence-corrected chi connectivity index (χ4v) is 3.27. The van der Waals surface area contributed by atoms with Crippen molar-refractivity contribution in [1.82, 2.24) is 0 Å². The molecule has 0 saturated heterocycles. The lowest BCUT2D eigenvalue weighted by atomic mass is 9.71. The summed E-state index contributed by atoms with van der Waals surface area (Å²) in [5, 5.41) is 9.30. The van der Waals surface area contributed by atoms with E-state index in [0.29, 0.717) is 5.92 Å². The van der Waals surface area contributed by atoms with Gasteiger partial charge in [0.2, 0.25) is 0 Å². The van der Waals surface area contributed by atoms with Crippen LogP contribution in [0.4, 0.5) is 0 Å². The number of aliphatic carboxylic acids is 1. The third kappa shape index (κ3) is 4.97. The Bertz CT molecular complexity index is 240. The van der Waals surface area contributed by atoms with E-state index in [-0.39, 0.29) is 5.92 Å². The molecule has 0 amide bonds. The highest BCUT2D eigenvalue weighted by atomic mass is 16.5. The Kier molecular flexibility index (Phi) is 7.33. The molecular formula is C15H28O3. The van der Waals surface area contributed by atoms with Crippen molar-refractivity contribution >= 4 is 5.97 Å². The van der Waals surface area contributed by atoms with E-state index in [1.54, 1.807) is 0 Å². The van der Waals surface area contributed by atoms with Crippen molar-refractivity contribution in [3.63, 3.8) is 0 Å². The fourth-order valence-electron chi connectivity index (χ4n) is 3.27. The highest BCUT2D eigenvalue weighted by Crippen LogP contribution is 2.38. The number of carboxylic acids is 1. The van der Waals surface area contributed by atoms with Gasteiger partial charge in [0, 0.05) is 13.2 Å². The second-order valence-corrected chi connectivity index (χ2v) is 5.51. The maximum atomic E-state index is 11.3. The number of carbonyl (C=O) groups is 1. The molecule has 0 aromatic rings. The molecule has 1 aliphatic carbocycles. The van der Waals surface area contributed by atoms with E-state index in [1.807, 2.05) is 6.92 Å². The van der Waals surface area contributed by atoms with Gasteiger partial charge < -0.3 is 9.84 Å². The molecule has 1 aliphatic rings. The highest BCUT2D eigenvalue weighted by Gasteiger charge is 2.34. The van der Waals surface area contributed by atoms with Crippen LogP contribution in [0.2, 0.25) is 0 Å². The summed E-state index contributed by atoms with van der Waals surface area (Å²) in [5.41, 5.74) is 0. The molecular weight excluding hydrogens is 228 g/mol. The molecule has 0 radical (unpaired) electrons. The van der Waals surface area contributed by atoms with E-state index < -0.39 is 5.97 Å². The third-order valence-electron chi connectivity index (χ3n) is 4.17. The summed E-state index contributed by atoms with van der Waals surface area (Å²) in [5.74, 6) is 0.419. The molecule has 0 heterocycles. The van der Waals surface area contributed by atoms with Gasteiger partial charge in [0.05, 0.1) is 5.92 Å². The second-order valence-electron chi connectivity index (χ2n) is 5.51.